The Kier molecular flexibility index (Phi) is 4.31. The highest BCUT2D eigenvalue weighted by molar-refractivity contribution is 7.89. The highest BCUT2D eigenvalue weighted by atomic mass is 32.2. The molecule has 0 aromatic carbocycles. The Morgan fingerprint density at radius 3 is 2.70 bits per heavy atom. The average Bonchev–Trinajstić information content (AvgIpc) is 2.89. The molecule has 0 amide bonds. The van der Waals surface area contributed by atoms with Gasteiger partial charge in [-0.25, -0.2) is 23.4 Å². The molecule has 8 nitrogen and oxygen atoms in total. The molecule has 0 saturated carbocycles. The molecule has 0 spiro atoms. The summed E-state index contributed by atoms with van der Waals surface area (Å²) in [6, 6.07) is 1.97. The first-order chi connectivity index (χ1) is 11.0. The first-order valence-corrected chi connectivity index (χ1v) is 8.84. The number of hydrogen-bond donors (Lipinski definition) is 0. The van der Waals surface area contributed by atoms with Crippen molar-refractivity contribution in [3.8, 4) is 6.01 Å². The third-order valence-corrected chi connectivity index (χ3v) is 5.58. The van der Waals surface area contributed by atoms with Crippen molar-refractivity contribution in [2.45, 2.75) is 30.9 Å². The van der Waals surface area contributed by atoms with Crippen molar-refractivity contribution in [2.24, 2.45) is 7.05 Å². The summed E-state index contributed by atoms with van der Waals surface area (Å²) in [5.74, 6) is 0.658. The van der Waals surface area contributed by atoms with Gasteiger partial charge in [-0.1, -0.05) is 0 Å². The summed E-state index contributed by atoms with van der Waals surface area (Å²) in [7, 11) is -1.83. The fourth-order valence-corrected chi connectivity index (χ4v) is 4.03. The Morgan fingerprint density at radius 2 is 2.04 bits per heavy atom. The zero-order chi connectivity index (χ0) is 16.4. The number of aromatic nitrogens is 4. The monoisotopic (exact) mass is 337 g/mol. The Bertz CT molecular complexity index is 755. The molecule has 23 heavy (non-hydrogen) atoms. The topological polar surface area (TPSA) is 90.2 Å². The molecule has 0 N–H and O–H groups in total. The van der Waals surface area contributed by atoms with Gasteiger partial charge < -0.3 is 9.30 Å². The second kappa shape index (κ2) is 6.25. The summed E-state index contributed by atoms with van der Waals surface area (Å²) >= 11 is 0. The van der Waals surface area contributed by atoms with E-state index in [0.29, 0.717) is 12.4 Å². The second-order valence-corrected chi connectivity index (χ2v) is 7.40. The third-order valence-electron chi connectivity index (χ3n) is 3.85. The van der Waals surface area contributed by atoms with Crippen LogP contribution in [-0.4, -0.2) is 51.4 Å². The minimum atomic E-state index is -3.61. The van der Waals surface area contributed by atoms with Crippen LogP contribution in [-0.2, 0) is 17.1 Å². The highest BCUT2D eigenvalue weighted by Gasteiger charge is 2.33. The van der Waals surface area contributed by atoms with E-state index in [4.69, 9.17) is 4.74 Å². The standard InChI is InChI=1S/C14H19N5O3S/c1-11-17-13(10-18(11)2)23(20,21)19-8-3-5-12(9-19)22-14-15-6-4-7-16-14/h4,6-7,10,12H,3,5,8-9H2,1-2H3/t12-/m1/s1. The zero-order valence-corrected chi connectivity index (χ0v) is 13.9. The molecule has 1 saturated heterocycles. The highest BCUT2D eigenvalue weighted by Crippen LogP contribution is 2.22. The molecule has 1 fully saturated rings. The van der Waals surface area contributed by atoms with Gasteiger partial charge in [0, 0.05) is 32.2 Å². The lowest BCUT2D eigenvalue weighted by atomic mass is 10.1. The summed E-state index contributed by atoms with van der Waals surface area (Å²) in [5, 5.41) is 0.0779. The predicted molar refractivity (Wildman–Crippen MR) is 82.4 cm³/mol. The van der Waals surface area contributed by atoms with Crippen molar-refractivity contribution < 1.29 is 13.2 Å². The van der Waals surface area contributed by atoms with Crippen LogP contribution in [0.25, 0.3) is 0 Å². The van der Waals surface area contributed by atoms with Crippen molar-refractivity contribution in [2.75, 3.05) is 13.1 Å². The van der Waals surface area contributed by atoms with E-state index in [0.717, 1.165) is 12.8 Å². The number of piperidine rings is 1. The Morgan fingerprint density at radius 1 is 1.30 bits per heavy atom. The van der Waals surface area contributed by atoms with E-state index in [1.54, 1.807) is 37.0 Å². The number of nitrogens with zero attached hydrogens (tertiary/aromatic N) is 5. The maximum absolute atomic E-state index is 12.7. The minimum Gasteiger partial charge on any atom is -0.459 e. The van der Waals surface area contributed by atoms with Crippen molar-refractivity contribution in [3.05, 3.63) is 30.5 Å². The molecule has 2 aromatic heterocycles. The van der Waals surface area contributed by atoms with E-state index < -0.39 is 10.0 Å². The summed E-state index contributed by atoms with van der Waals surface area (Å²) < 4.78 is 34.2. The number of imidazole rings is 1. The third kappa shape index (κ3) is 3.35. The number of sulfonamides is 1. The number of aryl methyl sites for hydroxylation is 2. The molecule has 0 bridgehead atoms. The lowest BCUT2D eigenvalue weighted by molar-refractivity contribution is 0.119. The van der Waals surface area contributed by atoms with Crippen LogP contribution < -0.4 is 4.74 Å². The SMILES string of the molecule is Cc1nc(S(=O)(=O)N2CCC[C@@H](Oc3ncccn3)C2)cn1C. The summed E-state index contributed by atoms with van der Waals surface area (Å²) in [5.41, 5.74) is 0. The maximum atomic E-state index is 12.7. The molecule has 3 rings (SSSR count). The van der Waals surface area contributed by atoms with Gasteiger partial charge in [-0.05, 0) is 25.8 Å². The average molecular weight is 337 g/mol. The van der Waals surface area contributed by atoms with Gasteiger partial charge in [-0.3, -0.25) is 0 Å². The van der Waals surface area contributed by atoms with E-state index in [-0.39, 0.29) is 23.7 Å². The molecule has 2 aromatic rings. The van der Waals surface area contributed by atoms with E-state index in [1.807, 2.05) is 0 Å². The molecule has 0 aliphatic carbocycles. The van der Waals surface area contributed by atoms with Crippen LogP contribution in [0.3, 0.4) is 0 Å². The van der Waals surface area contributed by atoms with Gasteiger partial charge in [0.2, 0.25) is 0 Å². The largest absolute Gasteiger partial charge is 0.459 e. The summed E-state index contributed by atoms with van der Waals surface area (Å²) in [6.07, 6.45) is 5.96. The fourth-order valence-electron chi connectivity index (χ4n) is 2.50. The predicted octanol–water partition coefficient (Wildman–Crippen LogP) is 0.751. The van der Waals surface area contributed by atoms with Crippen LogP contribution in [0.4, 0.5) is 0 Å². The van der Waals surface area contributed by atoms with Crippen LogP contribution in [0, 0.1) is 6.92 Å². The number of rotatable bonds is 4. The second-order valence-electron chi connectivity index (χ2n) is 5.51. The first kappa shape index (κ1) is 15.9. The zero-order valence-electron chi connectivity index (χ0n) is 13.1. The maximum Gasteiger partial charge on any atom is 0.316 e. The van der Waals surface area contributed by atoms with Crippen molar-refractivity contribution in [1.29, 1.82) is 0 Å². The van der Waals surface area contributed by atoms with Crippen molar-refractivity contribution in [1.82, 2.24) is 23.8 Å². The Balaban J connectivity index is 1.75. The number of ether oxygens (including phenoxy) is 1. The van der Waals surface area contributed by atoms with Gasteiger partial charge in [-0.15, -0.1) is 0 Å². The fraction of sp³-hybridized carbons (Fsp3) is 0.500. The van der Waals surface area contributed by atoms with Gasteiger partial charge >= 0.3 is 6.01 Å². The van der Waals surface area contributed by atoms with Crippen LogP contribution in [0.2, 0.25) is 0 Å². The molecular weight excluding hydrogens is 318 g/mol. The molecule has 1 atom stereocenters. The van der Waals surface area contributed by atoms with Gasteiger partial charge in [0.1, 0.15) is 11.9 Å². The van der Waals surface area contributed by atoms with Crippen molar-refractivity contribution in [3.63, 3.8) is 0 Å². The molecule has 124 valence electrons. The van der Waals surface area contributed by atoms with E-state index in [1.165, 1.54) is 10.5 Å². The normalized spacial score (nSPS) is 19.7. The molecule has 1 aliphatic rings. The molecule has 1 aliphatic heterocycles. The van der Waals surface area contributed by atoms with Gasteiger partial charge in [0.25, 0.3) is 10.0 Å². The molecular formula is C14H19N5O3S. The van der Waals surface area contributed by atoms with Gasteiger partial charge in [-0.2, -0.15) is 4.31 Å². The Labute approximate surface area is 135 Å². The molecule has 0 unspecified atom stereocenters. The molecule has 9 heteroatoms. The lowest BCUT2D eigenvalue weighted by Gasteiger charge is -2.30. The van der Waals surface area contributed by atoms with Gasteiger partial charge in [0.05, 0.1) is 6.54 Å². The van der Waals surface area contributed by atoms with Crippen molar-refractivity contribution >= 4 is 10.0 Å². The van der Waals surface area contributed by atoms with Crippen LogP contribution in [0.15, 0.2) is 29.7 Å². The van der Waals surface area contributed by atoms with E-state index in [9.17, 15) is 8.42 Å². The lowest BCUT2D eigenvalue weighted by Crippen LogP contribution is -2.44. The van der Waals surface area contributed by atoms with Crippen LogP contribution in [0.5, 0.6) is 6.01 Å². The van der Waals surface area contributed by atoms with Crippen LogP contribution >= 0.6 is 0 Å². The quantitative estimate of drug-likeness (QED) is 0.818. The summed E-state index contributed by atoms with van der Waals surface area (Å²) in [4.78, 5) is 12.2. The smallest absolute Gasteiger partial charge is 0.316 e. The van der Waals surface area contributed by atoms with Crippen LogP contribution in [0.1, 0.15) is 18.7 Å². The Hall–Kier alpha value is -2.00. The number of hydrogen-bond acceptors (Lipinski definition) is 6. The van der Waals surface area contributed by atoms with E-state index in [2.05, 4.69) is 15.0 Å². The molecule has 0 radical (unpaired) electrons. The van der Waals surface area contributed by atoms with Gasteiger partial charge in [0.15, 0.2) is 5.03 Å². The summed E-state index contributed by atoms with van der Waals surface area (Å²) in [6.45, 7) is 2.51. The first-order valence-electron chi connectivity index (χ1n) is 7.40. The minimum absolute atomic E-state index is 0.0779. The van der Waals surface area contributed by atoms with E-state index >= 15 is 0 Å². The molecule has 3 heterocycles.